The summed E-state index contributed by atoms with van der Waals surface area (Å²) in [5, 5.41) is 9.23. The second-order valence-electron chi connectivity index (χ2n) is 4.04. The van der Waals surface area contributed by atoms with E-state index in [9.17, 15) is 14.7 Å². The number of nitrogens with zero attached hydrogens (tertiary/aromatic N) is 2. The van der Waals surface area contributed by atoms with Crippen LogP contribution in [0.4, 0.5) is 0 Å². The molecule has 1 N–H and O–H groups in total. The molecule has 0 fully saturated rings. The molecule has 0 aliphatic carbocycles. The Morgan fingerprint density at radius 3 is 2.48 bits per heavy atom. The molecule has 0 spiro atoms. The second kappa shape index (κ2) is 5.04. The van der Waals surface area contributed by atoms with Crippen LogP contribution in [0.25, 0.3) is 11.6 Å². The van der Waals surface area contributed by atoms with Crippen molar-refractivity contribution in [1.29, 1.82) is 0 Å². The summed E-state index contributed by atoms with van der Waals surface area (Å²) in [5.41, 5.74) is -0.550. The lowest BCUT2D eigenvalue weighted by Crippen LogP contribution is -2.13. The van der Waals surface area contributed by atoms with E-state index in [0.717, 1.165) is 6.20 Å². The molecule has 0 aromatic carbocycles. The number of carbonyl (C=O) groups excluding carboxylic acids is 1. The molecule has 0 unspecified atom stereocenters. The Balaban J connectivity index is 2.09. The number of furan rings is 2. The van der Waals surface area contributed by atoms with Gasteiger partial charge in [-0.1, -0.05) is 0 Å². The van der Waals surface area contributed by atoms with Crippen LogP contribution in [-0.2, 0) is 0 Å². The molecule has 0 saturated carbocycles. The van der Waals surface area contributed by atoms with Crippen LogP contribution in [0.15, 0.2) is 51.8 Å². The molecule has 3 aromatic heterocycles. The van der Waals surface area contributed by atoms with E-state index >= 15 is 0 Å². The molecule has 0 saturated heterocycles. The third-order valence-corrected chi connectivity index (χ3v) is 2.72. The third-order valence-electron chi connectivity index (χ3n) is 2.72. The first-order valence-corrected chi connectivity index (χ1v) is 5.89. The Bertz CT molecular complexity index is 791. The lowest BCUT2D eigenvalue weighted by atomic mass is 10.1. The van der Waals surface area contributed by atoms with Crippen molar-refractivity contribution in [1.82, 2.24) is 9.97 Å². The summed E-state index contributed by atoms with van der Waals surface area (Å²) < 4.78 is 10.1. The maximum Gasteiger partial charge on any atom is 0.355 e. The molecule has 3 aromatic rings. The summed E-state index contributed by atoms with van der Waals surface area (Å²) >= 11 is 0. The maximum absolute atomic E-state index is 12.2. The van der Waals surface area contributed by atoms with Crippen LogP contribution in [-0.4, -0.2) is 26.8 Å². The number of aromatic carboxylic acids is 1. The molecule has 0 amide bonds. The van der Waals surface area contributed by atoms with Crippen LogP contribution in [0.2, 0.25) is 0 Å². The number of ketones is 1. The first-order chi connectivity index (χ1) is 10.2. The highest BCUT2D eigenvalue weighted by Gasteiger charge is 2.23. The van der Waals surface area contributed by atoms with E-state index in [2.05, 4.69) is 9.97 Å². The minimum Gasteiger partial charge on any atom is -0.476 e. The molecule has 0 atom stereocenters. The number of rotatable bonds is 4. The van der Waals surface area contributed by atoms with E-state index in [4.69, 9.17) is 8.83 Å². The lowest BCUT2D eigenvalue weighted by Gasteiger charge is -2.04. The fourth-order valence-electron chi connectivity index (χ4n) is 1.78. The molecule has 0 radical (unpaired) electrons. The number of carbonyl (C=O) groups is 2. The molecule has 0 bridgehead atoms. The highest BCUT2D eigenvalue weighted by atomic mass is 16.4. The number of carboxylic acid groups (broad SMARTS) is 1. The van der Waals surface area contributed by atoms with Crippen LogP contribution in [0.3, 0.4) is 0 Å². The van der Waals surface area contributed by atoms with Crippen LogP contribution < -0.4 is 0 Å². The van der Waals surface area contributed by atoms with Gasteiger partial charge < -0.3 is 13.9 Å². The largest absolute Gasteiger partial charge is 0.476 e. The van der Waals surface area contributed by atoms with Crippen LogP contribution in [0.5, 0.6) is 0 Å². The van der Waals surface area contributed by atoms with Crippen molar-refractivity contribution in [2.45, 2.75) is 0 Å². The van der Waals surface area contributed by atoms with E-state index < -0.39 is 17.4 Å². The van der Waals surface area contributed by atoms with Gasteiger partial charge in [-0.05, 0) is 24.3 Å². The van der Waals surface area contributed by atoms with Crippen LogP contribution in [0.1, 0.15) is 26.6 Å². The standard InChI is InChI=1S/C14H8N2O5/c17-12(9-3-1-5-20-9)8-7-15-13(10-4-2-6-21-10)16-11(8)14(18)19/h1-7H,(H,18,19). The molecule has 104 valence electrons. The average molecular weight is 284 g/mol. The molecule has 3 rings (SSSR count). The minimum absolute atomic E-state index is 0.0202. The zero-order valence-corrected chi connectivity index (χ0v) is 10.5. The lowest BCUT2D eigenvalue weighted by molar-refractivity contribution is 0.0685. The van der Waals surface area contributed by atoms with Gasteiger partial charge in [0.2, 0.25) is 5.78 Å². The van der Waals surface area contributed by atoms with Crippen LogP contribution >= 0.6 is 0 Å². The Kier molecular flexibility index (Phi) is 3.07. The van der Waals surface area contributed by atoms with Gasteiger partial charge in [0.1, 0.15) is 0 Å². The van der Waals surface area contributed by atoms with E-state index in [1.807, 2.05) is 0 Å². The van der Waals surface area contributed by atoms with Gasteiger partial charge in [-0.25, -0.2) is 14.8 Å². The van der Waals surface area contributed by atoms with Crippen molar-refractivity contribution in [3.05, 3.63) is 60.0 Å². The van der Waals surface area contributed by atoms with E-state index in [1.165, 1.54) is 24.7 Å². The summed E-state index contributed by atoms with van der Waals surface area (Å²) in [6.45, 7) is 0. The SMILES string of the molecule is O=C(c1ccco1)c1cnc(-c2ccco2)nc1C(=O)O. The topological polar surface area (TPSA) is 106 Å². The average Bonchev–Trinajstić information content (AvgIpc) is 3.18. The van der Waals surface area contributed by atoms with Gasteiger partial charge in [-0.3, -0.25) is 4.79 Å². The Morgan fingerprint density at radius 1 is 1.10 bits per heavy atom. The van der Waals surface area contributed by atoms with E-state index in [1.54, 1.807) is 12.1 Å². The zero-order valence-electron chi connectivity index (χ0n) is 10.5. The first kappa shape index (κ1) is 12.8. The molecular formula is C14H8N2O5. The Morgan fingerprint density at radius 2 is 1.86 bits per heavy atom. The molecule has 7 nitrogen and oxygen atoms in total. The Hall–Kier alpha value is -3.22. The van der Waals surface area contributed by atoms with Crippen molar-refractivity contribution < 1.29 is 23.5 Å². The summed E-state index contributed by atoms with van der Waals surface area (Å²) in [7, 11) is 0. The van der Waals surface area contributed by atoms with Crippen molar-refractivity contribution >= 4 is 11.8 Å². The summed E-state index contributed by atoms with van der Waals surface area (Å²) in [6, 6.07) is 6.19. The predicted molar refractivity (Wildman–Crippen MR) is 68.8 cm³/mol. The molecule has 0 aliphatic rings. The fourth-order valence-corrected chi connectivity index (χ4v) is 1.78. The second-order valence-corrected chi connectivity index (χ2v) is 4.04. The Labute approximate surface area is 117 Å². The quantitative estimate of drug-likeness (QED) is 0.732. The molecule has 21 heavy (non-hydrogen) atoms. The highest BCUT2D eigenvalue weighted by Crippen LogP contribution is 2.19. The van der Waals surface area contributed by atoms with Crippen LogP contribution in [0, 0.1) is 0 Å². The first-order valence-electron chi connectivity index (χ1n) is 5.89. The number of hydrogen-bond donors (Lipinski definition) is 1. The van der Waals surface area contributed by atoms with Gasteiger partial charge in [0, 0.05) is 6.20 Å². The van der Waals surface area contributed by atoms with Crippen molar-refractivity contribution in [3.8, 4) is 11.6 Å². The van der Waals surface area contributed by atoms with Crippen molar-refractivity contribution in [2.75, 3.05) is 0 Å². The highest BCUT2D eigenvalue weighted by molar-refractivity contribution is 6.12. The van der Waals surface area contributed by atoms with E-state index in [0.29, 0.717) is 5.76 Å². The monoisotopic (exact) mass is 284 g/mol. The molecule has 3 heterocycles. The van der Waals surface area contributed by atoms with Gasteiger partial charge in [0.25, 0.3) is 0 Å². The smallest absolute Gasteiger partial charge is 0.355 e. The van der Waals surface area contributed by atoms with Gasteiger partial charge >= 0.3 is 5.97 Å². The molecule has 7 heteroatoms. The summed E-state index contributed by atoms with van der Waals surface area (Å²) in [6.07, 6.45) is 3.89. The maximum atomic E-state index is 12.2. The minimum atomic E-state index is -1.33. The summed E-state index contributed by atoms with van der Waals surface area (Å²) in [5.74, 6) is -1.50. The van der Waals surface area contributed by atoms with Gasteiger partial charge in [0.05, 0.1) is 18.1 Å². The van der Waals surface area contributed by atoms with Crippen molar-refractivity contribution in [2.24, 2.45) is 0 Å². The van der Waals surface area contributed by atoms with E-state index in [-0.39, 0.29) is 17.1 Å². The van der Waals surface area contributed by atoms with Crippen molar-refractivity contribution in [3.63, 3.8) is 0 Å². The summed E-state index contributed by atoms with van der Waals surface area (Å²) in [4.78, 5) is 31.3. The van der Waals surface area contributed by atoms with Gasteiger partial charge in [-0.2, -0.15) is 0 Å². The number of hydrogen-bond acceptors (Lipinski definition) is 6. The third kappa shape index (κ3) is 2.32. The van der Waals surface area contributed by atoms with Gasteiger partial charge in [0.15, 0.2) is 23.0 Å². The fraction of sp³-hybridized carbons (Fsp3) is 0. The normalized spacial score (nSPS) is 10.5. The number of carboxylic acids is 1. The predicted octanol–water partition coefficient (Wildman–Crippen LogP) is 2.26. The molecular weight excluding hydrogens is 276 g/mol. The zero-order chi connectivity index (χ0) is 14.8. The van der Waals surface area contributed by atoms with Gasteiger partial charge in [-0.15, -0.1) is 0 Å². The number of aromatic nitrogens is 2. The molecule has 0 aliphatic heterocycles.